The fourth-order valence-electron chi connectivity index (χ4n) is 4.34. The Kier molecular flexibility index (Phi) is 6.55. The van der Waals surface area contributed by atoms with Crippen LogP contribution in [0.25, 0.3) is 11.1 Å². The average molecular weight is 484 g/mol. The highest BCUT2D eigenvalue weighted by molar-refractivity contribution is 6.83. The lowest BCUT2D eigenvalue weighted by Crippen LogP contribution is -2.29. The highest BCUT2D eigenvalue weighted by Crippen LogP contribution is 2.44. The van der Waals surface area contributed by atoms with E-state index in [1.165, 1.54) is 11.0 Å². The zero-order valence-corrected chi connectivity index (χ0v) is 21.7. The summed E-state index contributed by atoms with van der Waals surface area (Å²) in [5, 5.41) is 9.63. The molecule has 0 radical (unpaired) electrons. The summed E-state index contributed by atoms with van der Waals surface area (Å²) in [4.78, 5) is 26.3. The molecule has 1 amide bonds. The minimum absolute atomic E-state index is 0.0515. The summed E-state index contributed by atoms with van der Waals surface area (Å²) in [6.45, 7) is 8.42. The second-order valence-corrected chi connectivity index (χ2v) is 14.6. The lowest BCUT2D eigenvalue weighted by Gasteiger charge is -2.22. The number of carbonyl (C=O) groups excluding carboxylic acids is 1. The maximum Gasteiger partial charge on any atom is 0.414 e. The van der Waals surface area contributed by atoms with E-state index in [1.807, 2.05) is 31.2 Å². The second kappa shape index (κ2) is 9.44. The first-order valence-electron chi connectivity index (χ1n) is 11.6. The van der Waals surface area contributed by atoms with Crippen LogP contribution < -0.4 is 4.90 Å². The number of aromatic carboxylic acids is 1. The van der Waals surface area contributed by atoms with Gasteiger partial charge in [0.25, 0.3) is 0 Å². The Labute approximate surface area is 207 Å². The van der Waals surface area contributed by atoms with Crippen molar-refractivity contribution in [1.82, 2.24) is 0 Å². The Morgan fingerprint density at radius 2 is 1.57 bits per heavy atom. The number of nitrogens with zero attached hydrogens (tertiary/aromatic N) is 1. The van der Waals surface area contributed by atoms with E-state index in [4.69, 9.17) is 4.74 Å². The van der Waals surface area contributed by atoms with Gasteiger partial charge >= 0.3 is 12.1 Å². The summed E-state index contributed by atoms with van der Waals surface area (Å²) in [6.07, 6.45) is -0.540. The molecule has 5 nitrogen and oxygen atoms in total. The van der Waals surface area contributed by atoms with E-state index in [1.54, 1.807) is 13.1 Å². The van der Waals surface area contributed by atoms with Gasteiger partial charge < -0.3 is 9.84 Å². The van der Waals surface area contributed by atoms with Crippen LogP contribution in [0.1, 0.15) is 38.5 Å². The first kappa shape index (κ1) is 24.3. The maximum absolute atomic E-state index is 13.1. The van der Waals surface area contributed by atoms with Gasteiger partial charge in [0, 0.05) is 18.5 Å². The van der Waals surface area contributed by atoms with Crippen molar-refractivity contribution in [2.24, 2.45) is 0 Å². The van der Waals surface area contributed by atoms with Gasteiger partial charge in [-0.2, -0.15) is 0 Å². The van der Waals surface area contributed by atoms with Gasteiger partial charge in [-0.1, -0.05) is 74.1 Å². The summed E-state index contributed by atoms with van der Waals surface area (Å²) in [7, 11) is -0.0738. The number of carboxylic acids is 1. The summed E-state index contributed by atoms with van der Waals surface area (Å²) < 4.78 is 5.78. The van der Waals surface area contributed by atoms with Crippen molar-refractivity contribution in [3.8, 4) is 22.6 Å². The largest absolute Gasteiger partial charge is 0.478 e. The molecule has 35 heavy (non-hydrogen) atoms. The van der Waals surface area contributed by atoms with Gasteiger partial charge in [-0.3, -0.25) is 4.90 Å². The third-order valence-electron chi connectivity index (χ3n) is 6.17. The number of fused-ring (bicyclic) bond motifs is 3. The number of amides is 1. The molecule has 0 heterocycles. The molecule has 4 rings (SSSR count). The molecule has 6 heteroatoms. The molecule has 1 N–H and O–H groups in total. The lowest BCUT2D eigenvalue weighted by atomic mass is 9.98. The van der Waals surface area contributed by atoms with E-state index in [0.717, 1.165) is 27.8 Å². The van der Waals surface area contributed by atoms with Gasteiger partial charge in [0.2, 0.25) is 0 Å². The summed E-state index contributed by atoms with van der Waals surface area (Å²) in [5.74, 6) is 2.03. The molecule has 0 spiro atoms. The van der Waals surface area contributed by atoms with Gasteiger partial charge in [-0.25, -0.2) is 9.59 Å². The van der Waals surface area contributed by atoms with Crippen LogP contribution in [0.2, 0.25) is 19.6 Å². The van der Waals surface area contributed by atoms with E-state index in [0.29, 0.717) is 11.3 Å². The molecule has 0 bridgehead atoms. The van der Waals surface area contributed by atoms with Crippen molar-refractivity contribution in [1.29, 1.82) is 0 Å². The summed E-state index contributed by atoms with van der Waals surface area (Å²) >= 11 is 0. The monoisotopic (exact) mass is 483 g/mol. The molecule has 3 aromatic carbocycles. The number of ether oxygens (including phenoxy) is 1. The predicted octanol–water partition coefficient (Wildman–Crippen LogP) is 6.31. The third kappa shape index (κ3) is 5.01. The molecular formula is C29H29NO4Si. The van der Waals surface area contributed by atoms with E-state index >= 15 is 0 Å². The van der Waals surface area contributed by atoms with Crippen LogP contribution >= 0.6 is 0 Å². The Morgan fingerprint density at radius 1 is 1.00 bits per heavy atom. The van der Waals surface area contributed by atoms with Crippen molar-refractivity contribution in [2.45, 2.75) is 32.5 Å². The average Bonchev–Trinajstić information content (AvgIpc) is 3.14. The molecule has 0 unspecified atom stereocenters. The van der Waals surface area contributed by atoms with E-state index in [9.17, 15) is 14.7 Å². The number of hydrogen-bond acceptors (Lipinski definition) is 3. The van der Waals surface area contributed by atoms with Crippen LogP contribution in [-0.4, -0.2) is 38.9 Å². The number of rotatable bonds is 4. The van der Waals surface area contributed by atoms with Crippen LogP contribution in [0.3, 0.4) is 0 Å². The standard InChI is InChI=1S/C29H29NO4Si/c1-19-20(14-15-35(3,4)5)16-21(28(31)32)17-27(19)30(2)29(33)34-18-26-24-12-8-6-10-22(24)23-11-7-9-13-25(23)26/h6-13,16-17,26H,18H2,1-5H3,(H,31,32). The SMILES string of the molecule is Cc1c(C#C[Si](C)(C)C)cc(C(=O)O)cc1N(C)C(=O)OCC1c2ccccc2-c2ccccc21. The Hall–Kier alpha value is -3.82. The van der Waals surface area contributed by atoms with E-state index in [-0.39, 0.29) is 18.1 Å². The minimum atomic E-state index is -1.67. The van der Waals surface area contributed by atoms with Crippen molar-refractivity contribution >= 4 is 25.8 Å². The zero-order chi connectivity index (χ0) is 25.3. The highest BCUT2D eigenvalue weighted by atomic mass is 28.3. The number of hydrogen-bond donors (Lipinski definition) is 1. The Bertz CT molecular complexity index is 1330. The van der Waals surface area contributed by atoms with Crippen LogP contribution in [0, 0.1) is 18.4 Å². The Balaban J connectivity index is 1.60. The van der Waals surface area contributed by atoms with Crippen molar-refractivity contribution < 1.29 is 19.4 Å². The molecule has 0 fully saturated rings. The van der Waals surface area contributed by atoms with E-state index < -0.39 is 20.1 Å². The fraction of sp³-hybridized carbons (Fsp3) is 0.241. The van der Waals surface area contributed by atoms with Gasteiger partial charge in [-0.15, -0.1) is 5.54 Å². The van der Waals surface area contributed by atoms with Crippen molar-refractivity contribution in [2.75, 3.05) is 18.6 Å². The molecule has 1 aliphatic carbocycles. The number of anilines is 1. The molecule has 3 aromatic rings. The molecule has 1 aliphatic rings. The molecule has 0 aromatic heterocycles. The Morgan fingerprint density at radius 3 is 2.11 bits per heavy atom. The third-order valence-corrected chi connectivity index (χ3v) is 7.05. The quantitative estimate of drug-likeness (QED) is 0.349. The predicted molar refractivity (Wildman–Crippen MR) is 142 cm³/mol. The van der Waals surface area contributed by atoms with Crippen molar-refractivity contribution in [3.05, 3.63) is 88.5 Å². The maximum atomic E-state index is 13.1. The van der Waals surface area contributed by atoms with E-state index in [2.05, 4.69) is 55.4 Å². The van der Waals surface area contributed by atoms with Crippen LogP contribution in [0.4, 0.5) is 10.5 Å². The molecule has 0 aliphatic heterocycles. The fourth-order valence-corrected chi connectivity index (χ4v) is 4.85. The van der Waals surface area contributed by atoms with Crippen molar-refractivity contribution in [3.63, 3.8) is 0 Å². The van der Waals surface area contributed by atoms with Gasteiger partial charge in [0.15, 0.2) is 0 Å². The zero-order valence-electron chi connectivity index (χ0n) is 20.7. The number of benzene rings is 3. The summed E-state index contributed by atoms with van der Waals surface area (Å²) in [5.41, 5.74) is 9.80. The van der Waals surface area contributed by atoms with Gasteiger partial charge in [-0.05, 0) is 46.9 Å². The molecule has 0 saturated carbocycles. The molecular weight excluding hydrogens is 454 g/mol. The molecule has 0 saturated heterocycles. The number of carbonyl (C=O) groups is 2. The normalized spacial score (nSPS) is 12.3. The number of carboxylic acid groups (broad SMARTS) is 1. The first-order chi connectivity index (χ1) is 16.6. The second-order valence-electron chi connectivity index (χ2n) is 9.84. The topological polar surface area (TPSA) is 66.8 Å². The van der Waals surface area contributed by atoms with Crippen LogP contribution in [0.5, 0.6) is 0 Å². The van der Waals surface area contributed by atoms with Gasteiger partial charge in [0.05, 0.1) is 11.3 Å². The van der Waals surface area contributed by atoms with Crippen LogP contribution in [0.15, 0.2) is 60.7 Å². The first-order valence-corrected chi connectivity index (χ1v) is 15.1. The highest BCUT2D eigenvalue weighted by Gasteiger charge is 2.30. The lowest BCUT2D eigenvalue weighted by molar-refractivity contribution is 0.0696. The van der Waals surface area contributed by atoms with Crippen LogP contribution in [-0.2, 0) is 4.74 Å². The summed E-state index contributed by atoms with van der Waals surface area (Å²) in [6, 6.07) is 19.4. The molecule has 178 valence electrons. The molecule has 0 atom stereocenters. The van der Waals surface area contributed by atoms with Gasteiger partial charge in [0.1, 0.15) is 14.7 Å². The smallest absolute Gasteiger partial charge is 0.414 e. The minimum Gasteiger partial charge on any atom is -0.478 e.